The van der Waals surface area contributed by atoms with E-state index in [0.717, 1.165) is 37.6 Å². The van der Waals surface area contributed by atoms with Crippen LogP contribution in [-0.4, -0.2) is 31.1 Å². The molecule has 0 atom stereocenters. The van der Waals surface area contributed by atoms with Gasteiger partial charge in [-0.15, -0.1) is 22.7 Å². The lowest BCUT2D eigenvalue weighted by Gasteiger charge is -2.34. The lowest BCUT2D eigenvalue weighted by Crippen LogP contribution is -2.75. The number of rotatable bonds is 10. The van der Waals surface area contributed by atoms with E-state index in [-0.39, 0.29) is 5.41 Å². The number of nitrogens with zero attached hydrogens (tertiary/aromatic N) is 3. The Morgan fingerprint density at radius 3 is 1.17 bits per heavy atom. The van der Waals surface area contributed by atoms with Crippen LogP contribution in [0, 0.1) is 0 Å². The predicted molar refractivity (Wildman–Crippen MR) is 306 cm³/mol. The van der Waals surface area contributed by atoms with Gasteiger partial charge in [-0.3, -0.25) is 4.98 Å². The maximum Gasteiger partial charge on any atom is 0.201 e. The van der Waals surface area contributed by atoms with Crippen molar-refractivity contribution < 1.29 is 0 Å². The number of hydrogen-bond donors (Lipinski definition) is 0. The highest BCUT2D eigenvalue weighted by atomic mass is 32.1. The summed E-state index contributed by atoms with van der Waals surface area (Å²) < 4.78 is 2.38. The van der Waals surface area contributed by atoms with Crippen LogP contribution in [0.5, 0.6) is 0 Å². The molecule has 3 nitrogen and oxygen atoms in total. The normalized spacial score (nSPS) is 13.0. The van der Waals surface area contributed by atoms with Gasteiger partial charge in [0.2, 0.25) is 8.07 Å². The molecule has 338 valence electrons. The topological polar surface area (TPSA) is 38.7 Å². The van der Waals surface area contributed by atoms with E-state index in [9.17, 15) is 0 Å². The minimum Gasteiger partial charge on any atom is -0.254 e. The molecule has 3 heterocycles. The summed E-state index contributed by atoms with van der Waals surface area (Å²) in [5.41, 5.74) is 9.01. The Kier molecular flexibility index (Phi) is 10.6. The first-order chi connectivity index (χ1) is 34.9. The van der Waals surface area contributed by atoms with Gasteiger partial charge in [-0.05, 0) is 95.0 Å². The zero-order chi connectivity index (χ0) is 47.6. The molecule has 9 aromatic carbocycles. The van der Waals surface area contributed by atoms with Crippen LogP contribution in [0.3, 0.4) is 0 Å². The number of aromatic nitrogens is 3. The van der Waals surface area contributed by atoms with Gasteiger partial charge in [-0.2, -0.15) is 0 Å². The van der Waals surface area contributed by atoms with Crippen LogP contribution in [-0.2, 0) is 5.41 Å². The third-order valence-electron chi connectivity index (χ3n) is 14.8. The molecular formula is C64H47N3S2Si2. The Hall–Kier alpha value is -7.66. The third-order valence-corrected chi connectivity index (χ3v) is 26.4. The molecule has 7 heteroatoms. The molecule has 0 N–H and O–H groups in total. The molecule has 0 spiro atoms. The SMILES string of the molecule is CC1(C)c2cc3sc(-c4cccc([Si](c5ccccc5)(c5ccccc5)c5ccccc5)c4)nc3cc2-c2cc3nc(-c4cccc([Si](c5ccccc5)(c5ccccc5)c5ccccc5)n4)sc3cc21. The Labute approximate surface area is 424 Å². The monoisotopic (exact) mass is 977 g/mol. The zero-order valence-electron chi connectivity index (χ0n) is 39.3. The van der Waals surface area contributed by atoms with Crippen LogP contribution in [0.4, 0.5) is 0 Å². The second kappa shape index (κ2) is 17.3. The Balaban J connectivity index is 0.901. The van der Waals surface area contributed by atoms with Crippen LogP contribution >= 0.6 is 22.7 Å². The van der Waals surface area contributed by atoms with Crippen LogP contribution in [0.2, 0.25) is 0 Å². The van der Waals surface area contributed by atoms with Crippen molar-refractivity contribution in [2.75, 3.05) is 0 Å². The Morgan fingerprint density at radius 2 is 0.718 bits per heavy atom. The summed E-state index contributed by atoms with van der Waals surface area (Å²) in [6, 6.07) is 91.7. The van der Waals surface area contributed by atoms with Crippen molar-refractivity contribution in [2.24, 2.45) is 0 Å². The maximum absolute atomic E-state index is 5.61. The largest absolute Gasteiger partial charge is 0.254 e. The first-order valence-corrected chi connectivity index (χ1v) is 29.9. The number of benzene rings is 9. The van der Waals surface area contributed by atoms with E-state index in [4.69, 9.17) is 15.0 Å². The van der Waals surface area contributed by atoms with Crippen molar-refractivity contribution in [3.8, 4) is 32.4 Å². The highest BCUT2D eigenvalue weighted by molar-refractivity contribution is 7.22. The van der Waals surface area contributed by atoms with Crippen LogP contribution in [0.25, 0.3) is 52.8 Å². The van der Waals surface area contributed by atoms with Crippen molar-refractivity contribution >= 4 is 101 Å². The molecule has 0 unspecified atom stereocenters. The van der Waals surface area contributed by atoms with E-state index < -0.39 is 16.1 Å². The van der Waals surface area contributed by atoms with E-state index in [1.165, 1.54) is 68.0 Å². The fraction of sp³-hybridized carbons (Fsp3) is 0.0469. The molecule has 71 heavy (non-hydrogen) atoms. The summed E-state index contributed by atoms with van der Waals surface area (Å²) in [5.74, 6) is 0. The number of fused-ring (bicyclic) bond motifs is 5. The second-order valence-corrected chi connectivity index (χ2v) is 28.7. The van der Waals surface area contributed by atoms with E-state index in [2.05, 4.69) is 263 Å². The van der Waals surface area contributed by atoms with Gasteiger partial charge in [-0.1, -0.05) is 226 Å². The summed E-state index contributed by atoms with van der Waals surface area (Å²) in [6.45, 7) is 4.74. The minimum atomic E-state index is -2.81. The second-order valence-electron chi connectivity index (χ2n) is 19.1. The summed E-state index contributed by atoms with van der Waals surface area (Å²) in [6.07, 6.45) is 0. The molecule has 0 radical (unpaired) electrons. The molecule has 12 aromatic rings. The molecule has 0 aliphatic heterocycles. The Bertz CT molecular complexity index is 3450. The third kappa shape index (κ3) is 6.98. The van der Waals surface area contributed by atoms with Crippen LogP contribution in [0.15, 0.2) is 249 Å². The molecule has 0 bridgehead atoms. The molecule has 3 aromatic heterocycles. The van der Waals surface area contributed by atoms with Gasteiger partial charge in [0.05, 0.1) is 26.1 Å². The standard InChI is InChI=1S/C64H47N3S2Si2/c1-64(2)54-42-59-57(66-62(68-59)44-23-21-36-51(39-44)70(45-24-9-3-10-25-45,46-26-11-4-12-27-46)47-28-13-5-14-29-47)40-52(54)53-41-58-60(43-55(53)64)69-63(67-58)56-37-22-38-61(65-56)71(48-30-15-6-16-31-48,49-32-17-7-18-33-49)50-34-19-8-20-35-50/h3-43H,1-2H3. The first kappa shape index (κ1) is 43.4. The smallest absolute Gasteiger partial charge is 0.201 e. The number of pyridine rings is 1. The van der Waals surface area contributed by atoms with E-state index in [1.807, 2.05) is 0 Å². The van der Waals surface area contributed by atoms with Crippen molar-refractivity contribution in [3.63, 3.8) is 0 Å². The lowest BCUT2D eigenvalue weighted by atomic mass is 9.82. The molecule has 1 aliphatic carbocycles. The van der Waals surface area contributed by atoms with Crippen molar-refractivity contribution in [2.45, 2.75) is 19.3 Å². The molecule has 0 fully saturated rings. The van der Waals surface area contributed by atoms with Gasteiger partial charge in [0.25, 0.3) is 0 Å². The minimum absolute atomic E-state index is 0.210. The highest BCUT2D eigenvalue weighted by Crippen LogP contribution is 2.52. The molecule has 0 saturated heterocycles. The van der Waals surface area contributed by atoms with Gasteiger partial charge in [0.15, 0.2) is 8.07 Å². The summed E-state index contributed by atoms with van der Waals surface area (Å²) in [5, 5.41) is 12.4. The predicted octanol–water partition coefficient (Wildman–Crippen LogP) is 10.7. The molecular weight excluding hydrogens is 931 g/mol. The summed E-state index contributed by atoms with van der Waals surface area (Å²) >= 11 is 3.53. The molecule has 1 aliphatic rings. The maximum atomic E-state index is 5.61. The van der Waals surface area contributed by atoms with Gasteiger partial charge < -0.3 is 0 Å². The van der Waals surface area contributed by atoms with Gasteiger partial charge in [0, 0.05) is 16.3 Å². The zero-order valence-corrected chi connectivity index (χ0v) is 43.0. The average molecular weight is 978 g/mol. The summed E-state index contributed by atoms with van der Waals surface area (Å²) in [4.78, 5) is 16.4. The van der Waals surface area contributed by atoms with Crippen molar-refractivity contribution in [1.82, 2.24) is 15.0 Å². The van der Waals surface area contributed by atoms with Gasteiger partial charge >= 0.3 is 0 Å². The van der Waals surface area contributed by atoms with Crippen LogP contribution in [0.1, 0.15) is 25.0 Å². The van der Waals surface area contributed by atoms with Gasteiger partial charge in [0.1, 0.15) is 10.0 Å². The van der Waals surface area contributed by atoms with Gasteiger partial charge in [-0.25, -0.2) is 9.97 Å². The summed E-state index contributed by atoms with van der Waals surface area (Å²) in [7, 11) is -5.51. The fourth-order valence-corrected chi connectivity index (χ4v) is 22.9. The van der Waals surface area contributed by atoms with Crippen LogP contribution < -0.4 is 41.6 Å². The first-order valence-electron chi connectivity index (χ1n) is 24.2. The lowest BCUT2D eigenvalue weighted by molar-refractivity contribution is 0.662. The van der Waals surface area contributed by atoms with E-state index in [1.54, 1.807) is 22.7 Å². The number of thiazole rings is 2. The Morgan fingerprint density at radius 1 is 0.338 bits per heavy atom. The average Bonchev–Trinajstić information content (AvgIpc) is 4.12. The van der Waals surface area contributed by atoms with E-state index >= 15 is 0 Å². The number of hydrogen-bond acceptors (Lipinski definition) is 5. The molecule has 0 saturated carbocycles. The fourth-order valence-electron chi connectivity index (χ4n) is 11.5. The quantitative estimate of drug-likeness (QED) is 0.101. The highest BCUT2D eigenvalue weighted by Gasteiger charge is 2.44. The van der Waals surface area contributed by atoms with Crippen molar-refractivity contribution in [3.05, 3.63) is 260 Å². The van der Waals surface area contributed by atoms with E-state index in [0.29, 0.717) is 0 Å². The molecule has 0 amide bonds. The molecule has 13 rings (SSSR count). The van der Waals surface area contributed by atoms with Crippen molar-refractivity contribution in [1.29, 1.82) is 0 Å².